The molecule has 1 aliphatic heterocycles. The normalized spacial score (nSPS) is 17.8. The molecule has 0 aliphatic carbocycles. The van der Waals surface area contributed by atoms with E-state index in [1.807, 2.05) is 0 Å². The van der Waals surface area contributed by atoms with E-state index in [4.69, 9.17) is 13.9 Å². The number of hydrogen-bond donors (Lipinski definition) is 1. The Balaban J connectivity index is 1.94. The van der Waals surface area contributed by atoms with Crippen LogP contribution in [0.1, 0.15) is 11.1 Å². The summed E-state index contributed by atoms with van der Waals surface area (Å²) in [6.45, 7) is 1.71. The van der Waals surface area contributed by atoms with Crippen LogP contribution >= 0.6 is 0 Å². The lowest BCUT2D eigenvalue weighted by atomic mass is 10.0. The summed E-state index contributed by atoms with van der Waals surface area (Å²) >= 11 is 0. The zero-order chi connectivity index (χ0) is 19.8. The van der Waals surface area contributed by atoms with Crippen LogP contribution in [-0.2, 0) is 21.1 Å². The van der Waals surface area contributed by atoms with Gasteiger partial charge in [-0.25, -0.2) is 13.2 Å². The Morgan fingerprint density at radius 2 is 2.04 bits per heavy atom. The zero-order valence-corrected chi connectivity index (χ0v) is 15.9. The standard InChI is InChI=1S/C18H19NO7S/c1-10-13(8-16(20)19-11-4-5-27(22,23)9-11)18(21)26-15-7-12(24-2)6-14(25-3)17(10)15/h4-7,11H,8-9H2,1-3H3,(H,19,20)/t11-/m0/s1. The maximum atomic E-state index is 12.4. The molecule has 0 radical (unpaired) electrons. The summed E-state index contributed by atoms with van der Waals surface area (Å²) in [4.78, 5) is 24.7. The number of fused-ring (bicyclic) bond motifs is 1. The van der Waals surface area contributed by atoms with Gasteiger partial charge in [0.1, 0.15) is 17.1 Å². The Labute approximate surface area is 155 Å². The van der Waals surface area contributed by atoms with Crippen LogP contribution in [0, 0.1) is 6.92 Å². The van der Waals surface area contributed by atoms with Crippen molar-refractivity contribution in [2.24, 2.45) is 0 Å². The van der Waals surface area contributed by atoms with E-state index >= 15 is 0 Å². The average molecular weight is 393 g/mol. The Hall–Kier alpha value is -2.81. The summed E-state index contributed by atoms with van der Waals surface area (Å²) in [5.74, 6) is 0.278. The van der Waals surface area contributed by atoms with Crippen LogP contribution in [0.25, 0.3) is 11.0 Å². The zero-order valence-electron chi connectivity index (χ0n) is 15.1. The molecule has 0 fully saturated rings. The minimum absolute atomic E-state index is 0.183. The van der Waals surface area contributed by atoms with Crippen molar-refractivity contribution >= 4 is 26.7 Å². The number of rotatable bonds is 5. The molecular weight excluding hydrogens is 374 g/mol. The molecule has 1 amide bonds. The fourth-order valence-corrected chi connectivity index (χ4v) is 4.28. The number of hydrogen-bond acceptors (Lipinski definition) is 7. The first-order valence-corrected chi connectivity index (χ1v) is 9.84. The van der Waals surface area contributed by atoms with Crippen molar-refractivity contribution in [1.29, 1.82) is 0 Å². The third-order valence-corrected chi connectivity index (χ3v) is 5.78. The summed E-state index contributed by atoms with van der Waals surface area (Å²) in [7, 11) is -0.306. The largest absolute Gasteiger partial charge is 0.496 e. The Morgan fingerprint density at radius 1 is 1.30 bits per heavy atom. The quantitative estimate of drug-likeness (QED) is 0.757. The van der Waals surface area contributed by atoms with Gasteiger partial charge in [0, 0.05) is 17.5 Å². The van der Waals surface area contributed by atoms with Gasteiger partial charge >= 0.3 is 5.63 Å². The molecular formula is C18H19NO7S. The van der Waals surface area contributed by atoms with Crippen LogP contribution in [0.2, 0.25) is 0 Å². The summed E-state index contributed by atoms with van der Waals surface area (Å²) in [5.41, 5.74) is 0.404. The van der Waals surface area contributed by atoms with Crippen LogP contribution in [-0.4, -0.2) is 40.3 Å². The molecule has 1 aromatic carbocycles. The fourth-order valence-electron chi connectivity index (χ4n) is 3.05. The van der Waals surface area contributed by atoms with E-state index in [0.29, 0.717) is 28.0 Å². The number of carbonyl (C=O) groups is 1. The second-order valence-corrected chi connectivity index (χ2v) is 8.14. The Morgan fingerprint density at radius 3 is 2.63 bits per heavy atom. The van der Waals surface area contributed by atoms with Crippen LogP contribution in [0.15, 0.2) is 32.8 Å². The molecule has 1 N–H and O–H groups in total. The number of methoxy groups -OCH3 is 2. The topological polar surface area (TPSA) is 112 Å². The lowest BCUT2D eigenvalue weighted by molar-refractivity contribution is -0.120. The third kappa shape index (κ3) is 3.82. The van der Waals surface area contributed by atoms with Gasteiger partial charge in [0.25, 0.3) is 0 Å². The van der Waals surface area contributed by atoms with Crippen LogP contribution in [0.4, 0.5) is 0 Å². The minimum Gasteiger partial charge on any atom is -0.496 e. The van der Waals surface area contributed by atoms with E-state index in [0.717, 1.165) is 5.41 Å². The summed E-state index contributed by atoms with van der Waals surface area (Å²) < 4.78 is 38.8. The first-order valence-electron chi connectivity index (χ1n) is 8.12. The minimum atomic E-state index is -3.28. The van der Waals surface area contributed by atoms with Crippen molar-refractivity contribution in [3.05, 3.63) is 45.2 Å². The van der Waals surface area contributed by atoms with Crippen molar-refractivity contribution in [3.8, 4) is 11.5 Å². The molecule has 1 aliphatic rings. The number of aryl methyl sites for hydroxylation is 1. The van der Waals surface area contributed by atoms with Crippen LogP contribution < -0.4 is 20.4 Å². The molecule has 1 aromatic heterocycles. The lowest BCUT2D eigenvalue weighted by Crippen LogP contribution is -2.37. The number of ether oxygens (including phenoxy) is 2. The maximum Gasteiger partial charge on any atom is 0.340 e. The SMILES string of the molecule is COc1cc(OC)c2c(C)c(CC(=O)N[C@H]3C=CS(=O)(=O)C3)c(=O)oc2c1. The highest BCUT2D eigenvalue weighted by molar-refractivity contribution is 7.94. The molecule has 0 saturated heterocycles. The highest BCUT2D eigenvalue weighted by Gasteiger charge is 2.24. The average Bonchev–Trinajstić information content (AvgIpc) is 2.95. The summed E-state index contributed by atoms with van der Waals surface area (Å²) in [5, 5.41) is 4.24. The maximum absolute atomic E-state index is 12.4. The van der Waals surface area contributed by atoms with Gasteiger partial charge in [-0.05, 0) is 18.6 Å². The molecule has 1 atom stereocenters. The van der Waals surface area contributed by atoms with Crippen LogP contribution in [0.3, 0.4) is 0 Å². The number of nitrogens with one attached hydrogen (secondary N) is 1. The van der Waals surface area contributed by atoms with Gasteiger partial charge in [-0.2, -0.15) is 0 Å². The van der Waals surface area contributed by atoms with Gasteiger partial charge in [-0.3, -0.25) is 4.79 Å². The smallest absolute Gasteiger partial charge is 0.340 e. The van der Waals surface area contributed by atoms with E-state index in [9.17, 15) is 18.0 Å². The molecule has 9 heteroatoms. The van der Waals surface area contributed by atoms with Crippen molar-refractivity contribution in [2.45, 2.75) is 19.4 Å². The van der Waals surface area contributed by atoms with Crippen molar-refractivity contribution < 1.29 is 27.1 Å². The monoisotopic (exact) mass is 393 g/mol. The molecule has 2 heterocycles. The molecule has 0 bridgehead atoms. The lowest BCUT2D eigenvalue weighted by Gasteiger charge is -2.13. The second-order valence-electron chi connectivity index (χ2n) is 6.20. The molecule has 2 aromatic rings. The van der Waals surface area contributed by atoms with Gasteiger partial charge in [-0.15, -0.1) is 0 Å². The van der Waals surface area contributed by atoms with E-state index in [-0.39, 0.29) is 17.7 Å². The molecule has 0 unspecified atom stereocenters. The second kappa shape index (κ2) is 7.07. The fraction of sp³-hybridized carbons (Fsp3) is 0.333. The molecule has 8 nitrogen and oxygen atoms in total. The van der Waals surface area contributed by atoms with E-state index in [1.54, 1.807) is 19.1 Å². The van der Waals surface area contributed by atoms with Crippen molar-refractivity contribution in [3.63, 3.8) is 0 Å². The molecule has 3 rings (SSSR count). The molecule has 0 spiro atoms. The summed E-state index contributed by atoms with van der Waals surface area (Å²) in [6, 6.07) is 2.63. The van der Waals surface area contributed by atoms with Crippen molar-refractivity contribution in [1.82, 2.24) is 5.32 Å². The van der Waals surface area contributed by atoms with Gasteiger partial charge in [-0.1, -0.05) is 0 Å². The first-order chi connectivity index (χ1) is 12.7. The number of amides is 1. The van der Waals surface area contributed by atoms with E-state index in [2.05, 4.69) is 5.32 Å². The number of sulfone groups is 1. The molecule has 27 heavy (non-hydrogen) atoms. The highest BCUT2D eigenvalue weighted by atomic mass is 32.2. The Bertz CT molecular complexity index is 1100. The van der Waals surface area contributed by atoms with Gasteiger partial charge in [0.05, 0.1) is 43.4 Å². The summed E-state index contributed by atoms with van der Waals surface area (Å²) in [6.07, 6.45) is 1.18. The molecule has 0 saturated carbocycles. The van der Waals surface area contributed by atoms with Crippen molar-refractivity contribution in [2.75, 3.05) is 20.0 Å². The highest BCUT2D eigenvalue weighted by Crippen LogP contribution is 2.33. The Kier molecular flexibility index (Phi) is 4.97. The van der Waals surface area contributed by atoms with Crippen LogP contribution in [0.5, 0.6) is 11.5 Å². The van der Waals surface area contributed by atoms with Gasteiger partial charge in [0.15, 0.2) is 9.84 Å². The number of carbonyl (C=O) groups excluding carboxylic acids is 1. The third-order valence-electron chi connectivity index (χ3n) is 4.39. The predicted octanol–water partition coefficient (Wildman–Crippen LogP) is 1.09. The van der Waals surface area contributed by atoms with Gasteiger partial charge in [0.2, 0.25) is 5.91 Å². The van der Waals surface area contributed by atoms with E-state index in [1.165, 1.54) is 20.3 Å². The molecule has 144 valence electrons. The first kappa shape index (κ1) is 19.0. The predicted molar refractivity (Wildman–Crippen MR) is 98.9 cm³/mol. The number of benzene rings is 1. The van der Waals surface area contributed by atoms with Gasteiger partial charge < -0.3 is 19.2 Å². The van der Waals surface area contributed by atoms with E-state index < -0.39 is 27.4 Å².